The zero-order valence-corrected chi connectivity index (χ0v) is 12.5. The van der Waals surface area contributed by atoms with Crippen molar-refractivity contribution in [2.45, 2.75) is 45.3 Å². The van der Waals surface area contributed by atoms with Crippen LogP contribution in [0.15, 0.2) is 10.5 Å². The van der Waals surface area contributed by atoms with Crippen LogP contribution in [0.1, 0.15) is 42.9 Å². The van der Waals surface area contributed by atoms with Crippen LogP contribution in [0.25, 0.3) is 0 Å². The zero-order valence-electron chi connectivity index (χ0n) is 11.7. The smallest absolute Gasteiger partial charge is 0.252 e. The fourth-order valence-electron chi connectivity index (χ4n) is 2.43. The molecule has 0 aromatic carbocycles. The summed E-state index contributed by atoms with van der Waals surface area (Å²) in [5, 5.41) is 13.3. The van der Waals surface area contributed by atoms with Gasteiger partial charge in [0.1, 0.15) is 17.1 Å². The maximum Gasteiger partial charge on any atom is 0.252 e. The minimum atomic E-state index is -1.20. The number of rotatable bonds is 3. The third-order valence-corrected chi connectivity index (χ3v) is 4.62. The van der Waals surface area contributed by atoms with Crippen LogP contribution in [-0.2, 0) is 4.79 Å². The number of furan rings is 1. The minimum absolute atomic E-state index is 0.149. The van der Waals surface area contributed by atoms with Crippen LogP contribution in [0.4, 0.5) is 0 Å². The maximum atomic E-state index is 12.2. The third-order valence-electron chi connectivity index (χ3n) is 3.64. The van der Waals surface area contributed by atoms with Gasteiger partial charge in [0.25, 0.3) is 5.91 Å². The SMILES string of the molecule is Cc1cc(C(C)NC(=O)C2(O)CCSCC2)c(C)o1. The second-order valence-electron chi connectivity index (χ2n) is 5.21. The van der Waals surface area contributed by atoms with E-state index in [4.69, 9.17) is 4.42 Å². The Morgan fingerprint density at radius 2 is 2.11 bits per heavy atom. The molecule has 0 saturated carbocycles. The lowest BCUT2D eigenvalue weighted by Gasteiger charge is -2.31. The van der Waals surface area contributed by atoms with Gasteiger partial charge in [-0.2, -0.15) is 11.8 Å². The number of thioether (sulfide) groups is 1. The van der Waals surface area contributed by atoms with Gasteiger partial charge in [-0.25, -0.2) is 0 Å². The number of aryl methyl sites for hydroxylation is 2. The van der Waals surface area contributed by atoms with Crippen LogP contribution in [0.2, 0.25) is 0 Å². The van der Waals surface area contributed by atoms with Gasteiger partial charge in [0, 0.05) is 5.56 Å². The van der Waals surface area contributed by atoms with Crippen LogP contribution >= 0.6 is 11.8 Å². The molecule has 1 aliphatic heterocycles. The van der Waals surface area contributed by atoms with Crippen molar-refractivity contribution < 1.29 is 14.3 Å². The van der Waals surface area contributed by atoms with Crippen molar-refractivity contribution in [1.82, 2.24) is 5.32 Å². The highest BCUT2D eigenvalue weighted by Gasteiger charge is 2.38. The Morgan fingerprint density at radius 3 is 2.63 bits per heavy atom. The molecule has 4 nitrogen and oxygen atoms in total. The van der Waals surface area contributed by atoms with Crippen molar-refractivity contribution in [3.8, 4) is 0 Å². The highest BCUT2D eigenvalue weighted by atomic mass is 32.2. The van der Waals surface area contributed by atoms with Crippen LogP contribution in [0, 0.1) is 13.8 Å². The van der Waals surface area contributed by atoms with Crippen molar-refractivity contribution in [2.75, 3.05) is 11.5 Å². The molecule has 0 radical (unpaired) electrons. The average Bonchev–Trinajstić information content (AvgIpc) is 2.69. The van der Waals surface area contributed by atoms with E-state index >= 15 is 0 Å². The topological polar surface area (TPSA) is 62.5 Å². The van der Waals surface area contributed by atoms with Gasteiger partial charge < -0.3 is 14.8 Å². The Balaban J connectivity index is 2.04. The van der Waals surface area contributed by atoms with E-state index in [0.29, 0.717) is 12.8 Å². The van der Waals surface area contributed by atoms with Gasteiger partial charge in [0.05, 0.1) is 6.04 Å². The van der Waals surface area contributed by atoms with Crippen LogP contribution < -0.4 is 5.32 Å². The van der Waals surface area contributed by atoms with E-state index in [1.165, 1.54) is 0 Å². The first-order valence-electron chi connectivity index (χ1n) is 6.60. The number of amides is 1. The molecule has 2 N–H and O–H groups in total. The molecular weight excluding hydrogens is 262 g/mol. The van der Waals surface area contributed by atoms with Gasteiger partial charge in [-0.1, -0.05) is 0 Å². The molecule has 5 heteroatoms. The van der Waals surface area contributed by atoms with Crippen molar-refractivity contribution in [2.24, 2.45) is 0 Å². The zero-order chi connectivity index (χ0) is 14.0. The molecule has 1 unspecified atom stereocenters. The summed E-state index contributed by atoms with van der Waals surface area (Å²) in [5.74, 6) is 3.06. The number of nitrogens with one attached hydrogen (secondary N) is 1. The summed E-state index contributed by atoms with van der Waals surface area (Å²) in [7, 11) is 0. The normalized spacial score (nSPS) is 20.0. The first kappa shape index (κ1) is 14.5. The van der Waals surface area contributed by atoms with Crippen LogP contribution in [0.3, 0.4) is 0 Å². The van der Waals surface area contributed by atoms with Gasteiger partial charge in [-0.05, 0) is 51.2 Å². The molecule has 1 fully saturated rings. The first-order valence-corrected chi connectivity index (χ1v) is 7.76. The third kappa shape index (κ3) is 3.15. The average molecular weight is 283 g/mol. The van der Waals surface area contributed by atoms with Crippen molar-refractivity contribution in [1.29, 1.82) is 0 Å². The molecule has 106 valence electrons. The predicted molar refractivity (Wildman–Crippen MR) is 76.2 cm³/mol. The lowest BCUT2D eigenvalue weighted by Crippen LogP contribution is -2.49. The van der Waals surface area contributed by atoms with E-state index < -0.39 is 5.60 Å². The Labute approximate surface area is 117 Å². The Morgan fingerprint density at radius 1 is 1.47 bits per heavy atom. The van der Waals surface area contributed by atoms with Gasteiger partial charge in [-0.3, -0.25) is 4.79 Å². The molecule has 1 amide bonds. The van der Waals surface area contributed by atoms with Gasteiger partial charge in [-0.15, -0.1) is 0 Å². The van der Waals surface area contributed by atoms with E-state index in [1.807, 2.05) is 26.8 Å². The van der Waals surface area contributed by atoms with E-state index in [9.17, 15) is 9.90 Å². The number of aliphatic hydroxyl groups is 1. The predicted octanol–water partition coefficient (Wildman–Crippen LogP) is 2.33. The molecule has 0 bridgehead atoms. The summed E-state index contributed by atoms with van der Waals surface area (Å²) >= 11 is 1.78. The van der Waals surface area contributed by atoms with Crippen LogP contribution in [-0.4, -0.2) is 28.1 Å². The molecule has 2 rings (SSSR count). The van der Waals surface area contributed by atoms with E-state index in [1.54, 1.807) is 11.8 Å². The lowest BCUT2D eigenvalue weighted by atomic mass is 9.95. The molecule has 1 aromatic rings. The van der Waals surface area contributed by atoms with Crippen molar-refractivity contribution >= 4 is 17.7 Å². The Hall–Kier alpha value is -0.940. The standard InChI is InChI=1S/C14H21NO3S/c1-9-8-12(11(3)18-9)10(2)15-13(16)14(17)4-6-19-7-5-14/h8,10,17H,4-7H2,1-3H3,(H,15,16). The van der Waals surface area contributed by atoms with Crippen molar-refractivity contribution in [3.63, 3.8) is 0 Å². The molecule has 0 aliphatic carbocycles. The monoisotopic (exact) mass is 283 g/mol. The largest absolute Gasteiger partial charge is 0.466 e. The number of carbonyl (C=O) groups is 1. The summed E-state index contributed by atoms with van der Waals surface area (Å²) in [5.41, 5.74) is -0.230. The molecule has 2 heterocycles. The summed E-state index contributed by atoms with van der Waals surface area (Å²) in [6, 6.07) is 1.78. The lowest BCUT2D eigenvalue weighted by molar-refractivity contribution is -0.141. The van der Waals surface area contributed by atoms with Crippen molar-refractivity contribution in [3.05, 3.63) is 23.2 Å². The minimum Gasteiger partial charge on any atom is -0.466 e. The molecule has 1 atom stereocenters. The highest BCUT2D eigenvalue weighted by molar-refractivity contribution is 7.99. The van der Waals surface area contributed by atoms with Crippen LogP contribution in [0.5, 0.6) is 0 Å². The van der Waals surface area contributed by atoms with Gasteiger partial charge >= 0.3 is 0 Å². The summed E-state index contributed by atoms with van der Waals surface area (Å²) in [6.45, 7) is 5.68. The summed E-state index contributed by atoms with van der Waals surface area (Å²) in [6.07, 6.45) is 1.05. The number of hydrogen-bond acceptors (Lipinski definition) is 4. The summed E-state index contributed by atoms with van der Waals surface area (Å²) < 4.78 is 5.47. The highest BCUT2D eigenvalue weighted by Crippen LogP contribution is 2.28. The van der Waals surface area contributed by atoms with E-state index in [-0.39, 0.29) is 11.9 Å². The Bertz CT molecular complexity index is 463. The number of hydrogen-bond donors (Lipinski definition) is 2. The molecule has 1 saturated heterocycles. The fourth-order valence-corrected chi connectivity index (χ4v) is 3.59. The molecule has 1 aromatic heterocycles. The fraction of sp³-hybridized carbons (Fsp3) is 0.643. The maximum absolute atomic E-state index is 12.2. The second-order valence-corrected chi connectivity index (χ2v) is 6.43. The van der Waals surface area contributed by atoms with Gasteiger partial charge in [0.15, 0.2) is 0 Å². The van der Waals surface area contributed by atoms with E-state index in [0.717, 1.165) is 28.6 Å². The molecular formula is C14H21NO3S. The number of carbonyl (C=O) groups excluding carboxylic acids is 1. The molecule has 1 aliphatic rings. The second kappa shape index (κ2) is 5.59. The van der Waals surface area contributed by atoms with E-state index in [2.05, 4.69) is 5.32 Å². The quantitative estimate of drug-likeness (QED) is 0.893. The molecule has 19 heavy (non-hydrogen) atoms. The summed E-state index contributed by atoms with van der Waals surface area (Å²) in [4.78, 5) is 12.2. The molecule has 0 spiro atoms. The first-order chi connectivity index (χ1) is 8.92. The Kier molecular flexibility index (Phi) is 4.26. The van der Waals surface area contributed by atoms with Gasteiger partial charge in [0.2, 0.25) is 0 Å².